The summed E-state index contributed by atoms with van der Waals surface area (Å²) >= 11 is 0. The number of carbonyl (C=O) groups excluding carboxylic acids is 1. The van der Waals surface area contributed by atoms with E-state index < -0.39 is 26.9 Å². The Balaban J connectivity index is 2.06. The lowest BCUT2D eigenvalue weighted by Gasteiger charge is -2.30. The number of nitro groups is 1. The second kappa shape index (κ2) is 10.5. The Kier molecular flexibility index (Phi) is 8.35. The molecule has 0 radical (unpaired) electrons. The number of hydrogen-bond acceptors (Lipinski definition) is 7. The van der Waals surface area contributed by atoms with Crippen molar-refractivity contribution in [3.8, 4) is 0 Å². The third-order valence-corrected chi connectivity index (χ3v) is 5.86. The van der Waals surface area contributed by atoms with Crippen LogP contribution in [0.3, 0.4) is 0 Å². The lowest BCUT2D eigenvalue weighted by atomic mass is 10.2. The van der Waals surface area contributed by atoms with E-state index in [0.717, 1.165) is 42.7 Å². The number of anilines is 1. The summed E-state index contributed by atoms with van der Waals surface area (Å²) in [5.41, 5.74) is -0.145. The highest BCUT2D eigenvalue weighted by atomic mass is 32.2. The minimum Gasteiger partial charge on any atom is -0.379 e. The molecule has 0 spiro atoms. The maximum atomic E-state index is 12.7. The molecule has 1 fully saturated rings. The van der Waals surface area contributed by atoms with Crippen LogP contribution >= 0.6 is 0 Å². The van der Waals surface area contributed by atoms with Gasteiger partial charge in [0.1, 0.15) is 6.04 Å². The predicted octanol–water partition coefficient (Wildman–Crippen LogP) is 0.978. The Labute approximate surface area is 171 Å². The first-order valence-electron chi connectivity index (χ1n) is 9.55. The van der Waals surface area contributed by atoms with Crippen molar-refractivity contribution >= 4 is 27.3 Å². The van der Waals surface area contributed by atoms with Crippen LogP contribution in [0.5, 0.6) is 0 Å². The minimum atomic E-state index is -3.84. The lowest BCUT2D eigenvalue weighted by molar-refractivity contribution is -0.384. The molecule has 0 unspecified atom stereocenters. The molecule has 0 aromatic heterocycles. The molecule has 1 aromatic rings. The maximum absolute atomic E-state index is 12.7. The highest BCUT2D eigenvalue weighted by molar-refractivity contribution is 7.92. The third-order valence-electron chi connectivity index (χ3n) is 4.68. The molecule has 1 N–H and O–H groups in total. The fourth-order valence-electron chi connectivity index (χ4n) is 3.26. The van der Waals surface area contributed by atoms with Crippen LogP contribution in [0.2, 0.25) is 0 Å². The number of nitrogens with one attached hydrogen (secondary N) is 1. The van der Waals surface area contributed by atoms with E-state index in [1.165, 1.54) is 18.2 Å². The van der Waals surface area contributed by atoms with Gasteiger partial charge in [0.25, 0.3) is 5.69 Å². The monoisotopic (exact) mass is 428 g/mol. The van der Waals surface area contributed by atoms with E-state index in [4.69, 9.17) is 4.74 Å². The first-order chi connectivity index (χ1) is 13.7. The zero-order valence-electron chi connectivity index (χ0n) is 16.7. The van der Waals surface area contributed by atoms with Crippen molar-refractivity contribution in [2.45, 2.75) is 25.8 Å². The van der Waals surface area contributed by atoms with Gasteiger partial charge in [-0.2, -0.15) is 0 Å². The van der Waals surface area contributed by atoms with Crippen LogP contribution in [0.15, 0.2) is 24.3 Å². The number of morpholine rings is 1. The zero-order chi connectivity index (χ0) is 21.4. The normalized spacial score (nSPS) is 16.2. The molecule has 1 heterocycles. The van der Waals surface area contributed by atoms with Gasteiger partial charge in [-0.15, -0.1) is 0 Å². The van der Waals surface area contributed by atoms with Crippen LogP contribution in [0, 0.1) is 10.1 Å². The maximum Gasteiger partial charge on any atom is 0.271 e. The Hall–Kier alpha value is -2.24. The number of nitro benzene ring substituents is 1. The first kappa shape index (κ1) is 23.0. The molecule has 10 nitrogen and oxygen atoms in total. The number of rotatable bonds is 10. The molecule has 0 saturated carbocycles. The predicted molar refractivity (Wildman–Crippen MR) is 109 cm³/mol. The average molecular weight is 429 g/mol. The lowest BCUT2D eigenvalue weighted by Crippen LogP contribution is -2.49. The zero-order valence-corrected chi connectivity index (χ0v) is 17.6. The number of non-ortho nitro benzene ring substituents is 1. The summed E-state index contributed by atoms with van der Waals surface area (Å²) in [5.74, 6) is -0.425. The fraction of sp³-hybridized carbons (Fsp3) is 0.611. The van der Waals surface area contributed by atoms with Crippen molar-refractivity contribution in [1.29, 1.82) is 0 Å². The molecule has 1 aliphatic heterocycles. The Morgan fingerprint density at radius 1 is 1.38 bits per heavy atom. The van der Waals surface area contributed by atoms with Gasteiger partial charge in [-0.3, -0.25) is 24.1 Å². The Bertz CT molecular complexity index is 810. The van der Waals surface area contributed by atoms with E-state index in [0.29, 0.717) is 19.8 Å². The molecule has 1 aliphatic rings. The highest BCUT2D eigenvalue weighted by Gasteiger charge is 2.32. The van der Waals surface area contributed by atoms with E-state index in [9.17, 15) is 23.3 Å². The van der Waals surface area contributed by atoms with Gasteiger partial charge in [-0.1, -0.05) is 13.0 Å². The third kappa shape index (κ3) is 6.65. The largest absolute Gasteiger partial charge is 0.379 e. The highest BCUT2D eigenvalue weighted by Crippen LogP contribution is 2.26. The van der Waals surface area contributed by atoms with E-state index in [-0.39, 0.29) is 17.8 Å². The van der Waals surface area contributed by atoms with Gasteiger partial charge >= 0.3 is 0 Å². The molecule has 29 heavy (non-hydrogen) atoms. The van der Waals surface area contributed by atoms with Crippen LogP contribution in [-0.4, -0.2) is 75.8 Å². The van der Waals surface area contributed by atoms with Crippen LogP contribution in [0.25, 0.3) is 0 Å². The van der Waals surface area contributed by atoms with Crippen molar-refractivity contribution in [2.24, 2.45) is 0 Å². The minimum absolute atomic E-state index is 0.0945. The van der Waals surface area contributed by atoms with Gasteiger partial charge in [0.15, 0.2) is 0 Å². The molecule has 1 saturated heterocycles. The summed E-state index contributed by atoms with van der Waals surface area (Å²) in [4.78, 5) is 25.4. The molecule has 0 aliphatic carbocycles. The van der Waals surface area contributed by atoms with E-state index in [2.05, 4.69) is 10.2 Å². The van der Waals surface area contributed by atoms with Gasteiger partial charge in [0, 0.05) is 31.8 Å². The molecule has 0 bridgehead atoms. The number of amides is 1. The molecule has 2 rings (SSSR count). The van der Waals surface area contributed by atoms with Crippen molar-refractivity contribution in [3.63, 3.8) is 0 Å². The van der Waals surface area contributed by atoms with E-state index in [1.807, 2.05) is 0 Å². The first-order valence-corrected chi connectivity index (χ1v) is 11.4. The summed E-state index contributed by atoms with van der Waals surface area (Å²) < 4.78 is 31.1. The molecule has 1 atom stereocenters. The Morgan fingerprint density at radius 3 is 2.66 bits per heavy atom. The second-order valence-corrected chi connectivity index (χ2v) is 8.72. The number of sulfonamides is 1. The molecular weight excluding hydrogens is 400 g/mol. The fourth-order valence-corrected chi connectivity index (χ4v) is 4.46. The van der Waals surface area contributed by atoms with Gasteiger partial charge in [0.05, 0.1) is 30.1 Å². The van der Waals surface area contributed by atoms with Crippen LogP contribution in [-0.2, 0) is 19.6 Å². The average Bonchev–Trinajstić information content (AvgIpc) is 2.69. The summed E-state index contributed by atoms with van der Waals surface area (Å²) in [6.07, 6.45) is 1.95. The topological polar surface area (TPSA) is 122 Å². The molecule has 1 aromatic carbocycles. The second-order valence-electron chi connectivity index (χ2n) is 6.86. The van der Waals surface area contributed by atoms with Crippen molar-refractivity contribution in [3.05, 3.63) is 34.4 Å². The number of ether oxygens (including phenoxy) is 1. The van der Waals surface area contributed by atoms with Crippen LogP contribution in [0.4, 0.5) is 11.4 Å². The van der Waals surface area contributed by atoms with Crippen LogP contribution < -0.4 is 9.62 Å². The van der Waals surface area contributed by atoms with Crippen molar-refractivity contribution < 1.29 is 22.9 Å². The van der Waals surface area contributed by atoms with Gasteiger partial charge in [-0.05, 0) is 25.5 Å². The standard InChI is InChI=1S/C18H28N4O6S/c1-3-17(18(23)19-8-5-9-20-10-12-28-13-11-20)21(29(2,26)27)15-6-4-7-16(14-15)22(24)25/h4,6-7,14,17H,3,5,8-13H2,1-2H3,(H,19,23)/t17-/m1/s1. The van der Waals surface area contributed by atoms with E-state index >= 15 is 0 Å². The summed E-state index contributed by atoms with van der Waals surface area (Å²) in [6, 6.07) is 4.29. The Morgan fingerprint density at radius 2 is 2.07 bits per heavy atom. The van der Waals surface area contributed by atoms with Gasteiger partial charge in [0.2, 0.25) is 15.9 Å². The summed E-state index contributed by atoms with van der Waals surface area (Å²) in [7, 11) is -3.84. The number of benzene rings is 1. The summed E-state index contributed by atoms with van der Waals surface area (Å²) in [6.45, 7) is 6.07. The number of nitrogens with zero attached hydrogens (tertiary/aromatic N) is 3. The number of hydrogen-bond donors (Lipinski definition) is 1. The van der Waals surface area contributed by atoms with Crippen molar-refractivity contribution in [2.75, 3.05) is 50.0 Å². The van der Waals surface area contributed by atoms with Gasteiger partial charge in [-0.25, -0.2) is 8.42 Å². The van der Waals surface area contributed by atoms with E-state index in [1.54, 1.807) is 6.92 Å². The quantitative estimate of drug-likeness (QED) is 0.335. The molecule has 11 heteroatoms. The van der Waals surface area contributed by atoms with Crippen molar-refractivity contribution in [1.82, 2.24) is 10.2 Å². The van der Waals surface area contributed by atoms with Gasteiger partial charge < -0.3 is 10.1 Å². The molecule has 1 amide bonds. The van der Waals surface area contributed by atoms with Crippen LogP contribution in [0.1, 0.15) is 19.8 Å². The smallest absolute Gasteiger partial charge is 0.271 e. The molecule has 162 valence electrons. The molecular formula is C18H28N4O6S. The SMILES string of the molecule is CC[C@H](C(=O)NCCCN1CCOCC1)N(c1cccc([N+](=O)[O-])c1)S(C)(=O)=O. The summed E-state index contributed by atoms with van der Waals surface area (Å²) in [5, 5.41) is 13.8. The number of carbonyl (C=O) groups is 1.